The third-order valence-electron chi connectivity index (χ3n) is 4.60. The van der Waals surface area contributed by atoms with Gasteiger partial charge in [0.2, 0.25) is 0 Å². The molecule has 2 aromatic carbocycles. The minimum atomic E-state index is -0.994. The van der Waals surface area contributed by atoms with E-state index in [0.29, 0.717) is 17.2 Å². The van der Waals surface area contributed by atoms with Crippen LogP contribution in [0.3, 0.4) is 0 Å². The number of nitrogens with one attached hydrogen (secondary N) is 1. The summed E-state index contributed by atoms with van der Waals surface area (Å²) in [5.74, 6) is -0.510. The zero-order valence-corrected chi connectivity index (χ0v) is 16.5. The predicted molar refractivity (Wildman–Crippen MR) is 120 cm³/mol. The van der Waals surface area contributed by atoms with Crippen molar-refractivity contribution in [1.29, 1.82) is 5.41 Å². The lowest BCUT2D eigenvalue weighted by molar-refractivity contribution is -0.131. The molecule has 6 nitrogen and oxygen atoms in total. The van der Waals surface area contributed by atoms with Gasteiger partial charge in [0, 0.05) is 17.9 Å². The standard InChI is InChI=1S/C24H22N4O2/c1-2-19(17-6-4-3-5-7-17)23(24-27-15-20(26)21(14-25)28-24)18-11-8-16(9-12-18)10-13-22(29)30/h3-15,25H,2,26H2,1H3,(H,29,30)/b13-10+,23-19+,25-14?. The van der Waals surface area contributed by atoms with Gasteiger partial charge in [-0.2, -0.15) is 0 Å². The van der Waals surface area contributed by atoms with E-state index in [0.717, 1.165) is 46.5 Å². The van der Waals surface area contributed by atoms with Crippen LogP contribution in [0, 0.1) is 5.41 Å². The van der Waals surface area contributed by atoms with Crippen molar-refractivity contribution >= 4 is 35.1 Å². The van der Waals surface area contributed by atoms with E-state index in [1.807, 2.05) is 54.6 Å². The number of allylic oxidation sites excluding steroid dienone is 1. The van der Waals surface area contributed by atoms with Crippen molar-refractivity contribution in [1.82, 2.24) is 9.97 Å². The van der Waals surface area contributed by atoms with Crippen LogP contribution < -0.4 is 5.73 Å². The van der Waals surface area contributed by atoms with Crippen molar-refractivity contribution in [2.24, 2.45) is 0 Å². The van der Waals surface area contributed by atoms with E-state index in [1.165, 1.54) is 6.20 Å². The molecule has 4 N–H and O–H groups in total. The number of nitrogen functional groups attached to an aromatic ring is 1. The van der Waals surface area contributed by atoms with Crippen LogP contribution in [0.1, 0.15) is 41.6 Å². The van der Waals surface area contributed by atoms with Crippen molar-refractivity contribution in [3.8, 4) is 0 Å². The quantitative estimate of drug-likeness (QED) is 0.308. The fraction of sp³-hybridized carbons (Fsp3) is 0.0833. The van der Waals surface area contributed by atoms with Gasteiger partial charge in [0.1, 0.15) is 5.69 Å². The van der Waals surface area contributed by atoms with Gasteiger partial charge in [-0.1, -0.05) is 61.5 Å². The summed E-state index contributed by atoms with van der Waals surface area (Å²) in [6.45, 7) is 2.07. The Morgan fingerprint density at radius 1 is 1.10 bits per heavy atom. The van der Waals surface area contributed by atoms with Crippen LogP contribution in [0.25, 0.3) is 17.2 Å². The lowest BCUT2D eigenvalue weighted by Gasteiger charge is -2.15. The van der Waals surface area contributed by atoms with Gasteiger partial charge in [-0.25, -0.2) is 14.8 Å². The predicted octanol–water partition coefficient (Wildman–Crippen LogP) is 4.52. The van der Waals surface area contributed by atoms with E-state index in [4.69, 9.17) is 16.2 Å². The molecule has 6 heteroatoms. The topological polar surface area (TPSA) is 113 Å². The van der Waals surface area contributed by atoms with E-state index in [-0.39, 0.29) is 0 Å². The maximum atomic E-state index is 10.8. The first-order valence-corrected chi connectivity index (χ1v) is 9.46. The first-order valence-electron chi connectivity index (χ1n) is 9.46. The summed E-state index contributed by atoms with van der Waals surface area (Å²) in [4.78, 5) is 19.7. The third-order valence-corrected chi connectivity index (χ3v) is 4.60. The first kappa shape index (κ1) is 20.7. The second kappa shape index (κ2) is 9.43. The number of hydrogen-bond acceptors (Lipinski definition) is 5. The van der Waals surface area contributed by atoms with Gasteiger partial charge in [-0.15, -0.1) is 0 Å². The smallest absolute Gasteiger partial charge is 0.328 e. The highest BCUT2D eigenvalue weighted by molar-refractivity contribution is 5.97. The van der Waals surface area contributed by atoms with E-state index < -0.39 is 5.97 Å². The molecule has 0 spiro atoms. The average molecular weight is 398 g/mol. The molecule has 0 bridgehead atoms. The Balaban J connectivity index is 2.21. The highest BCUT2D eigenvalue weighted by Gasteiger charge is 2.16. The molecule has 0 saturated carbocycles. The Morgan fingerprint density at radius 2 is 1.80 bits per heavy atom. The molecule has 3 aromatic rings. The van der Waals surface area contributed by atoms with E-state index in [9.17, 15) is 4.79 Å². The maximum absolute atomic E-state index is 10.8. The van der Waals surface area contributed by atoms with Crippen molar-refractivity contribution in [3.63, 3.8) is 0 Å². The molecule has 150 valence electrons. The summed E-state index contributed by atoms with van der Waals surface area (Å²) in [5, 5.41) is 16.4. The van der Waals surface area contributed by atoms with Crippen LogP contribution in [-0.2, 0) is 4.79 Å². The zero-order valence-electron chi connectivity index (χ0n) is 16.5. The molecule has 1 aromatic heterocycles. The highest BCUT2D eigenvalue weighted by atomic mass is 16.4. The van der Waals surface area contributed by atoms with E-state index in [2.05, 4.69) is 16.9 Å². The number of benzene rings is 2. The van der Waals surface area contributed by atoms with Crippen molar-refractivity contribution in [3.05, 3.63) is 95.1 Å². The summed E-state index contributed by atoms with van der Waals surface area (Å²) in [6.07, 6.45) is 6.03. The van der Waals surface area contributed by atoms with Gasteiger partial charge < -0.3 is 16.2 Å². The third kappa shape index (κ3) is 4.67. The molecule has 0 atom stereocenters. The largest absolute Gasteiger partial charge is 0.478 e. The number of carbonyl (C=O) groups is 1. The summed E-state index contributed by atoms with van der Waals surface area (Å²) in [7, 11) is 0. The number of rotatable bonds is 7. The number of aliphatic carboxylic acids is 1. The molecular weight excluding hydrogens is 376 g/mol. The SMILES string of the molecule is CC/C(=C(/c1ccc(/C=C/C(=O)O)cc1)c1ncc(N)c(C=N)n1)c1ccccc1. The van der Waals surface area contributed by atoms with Gasteiger partial charge >= 0.3 is 5.97 Å². The molecule has 0 unspecified atom stereocenters. The van der Waals surface area contributed by atoms with Crippen LogP contribution >= 0.6 is 0 Å². The summed E-state index contributed by atoms with van der Waals surface area (Å²) in [6, 6.07) is 17.5. The molecular formula is C24H22N4O2. The summed E-state index contributed by atoms with van der Waals surface area (Å²) in [5.41, 5.74) is 11.2. The Morgan fingerprint density at radius 3 is 2.40 bits per heavy atom. The number of carboxylic acids is 1. The number of hydrogen-bond donors (Lipinski definition) is 3. The number of carboxylic acid groups (broad SMARTS) is 1. The molecule has 0 radical (unpaired) electrons. The van der Waals surface area contributed by atoms with Crippen molar-refractivity contribution in [2.75, 3.05) is 5.73 Å². The van der Waals surface area contributed by atoms with Crippen LogP contribution in [-0.4, -0.2) is 27.3 Å². The fourth-order valence-electron chi connectivity index (χ4n) is 3.17. The minimum absolute atomic E-state index is 0.347. The number of nitrogens with two attached hydrogens (primary N) is 1. The van der Waals surface area contributed by atoms with Gasteiger partial charge in [-0.05, 0) is 34.8 Å². The zero-order chi connectivity index (χ0) is 21.5. The molecule has 0 saturated heterocycles. The van der Waals surface area contributed by atoms with Crippen LogP contribution in [0.2, 0.25) is 0 Å². The van der Waals surface area contributed by atoms with Crippen molar-refractivity contribution < 1.29 is 9.90 Å². The summed E-state index contributed by atoms with van der Waals surface area (Å²) >= 11 is 0. The van der Waals surface area contributed by atoms with Gasteiger partial charge in [-0.3, -0.25) is 0 Å². The maximum Gasteiger partial charge on any atom is 0.328 e. The molecule has 0 aliphatic heterocycles. The van der Waals surface area contributed by atoms with Gasteiger partial charge in [0.25, 0.3) is 0 Å². The number of aromatic nitrogens is 2. The first-order chi connectivity index (χ1) is 14.5. The van der Waals surface area contributed by atoms with Crippen molar-refractivity contribution in [2.45, 2.75) is 13.3 Å². The molecule has 0 aliphatic carbocycles. The Bertz CT molecular complexity index is 1120. The normalized spacial score (nSPS) is 11.9. The Hall–Kier alpha value is -4.06. The van der Waals surface area contributed by atoms with Crippen LogP contribution in [0.15, 0.2) is 66.9 Å². The lowest BCUT2D eigenvalue weighted by atomic mass is 9.91. The second-order valence-corrected chi connectivity index (χ2v) is 6.55. The fourth-order valence-corrected chi connectivity index (χ4v) is 3.17. The molecule has 3 rings (SSSR count). The Labute approximate surface area is 175 Å². The monoisotopic (exact) mass is 398 g/mol. The number of anilines is 1. The summed E-state index contributed by atoms with van der Waals surface area (Å²) < 4.78 is 0. The van der Waals surface area contributed by atoms with Crippen LogP contribution in [0.4, 0.5) is 5.69 Å². The second-order valence-electron chi connectivity index (χ2n) is 6.55. The molecule has 0 fully saturated rings. The molecule has 30 heavy (non-hydrogen) atoms. The van der Waals surface area contributed by atoms with E-state index in [1.54, 1.807) is 6.08 Å². The number of nitrogens with zero attached hydrogens (tertiary/aromatic N) is 2. The van der Waals surface area contributed by atoms with Gasteiger partial charge in [0.15, 0.2) is 5.82 Å². The molecule has 0 aliphatic rings. The highest BCUT2D eigenvalue weighted by Crippen LogP contribution is 2.33. The minimum Gasteiger partial charge on any atom is -0.478 e. The lowest BCUT2D eigenvalue weighted by Crippen LogP contribution is -2.05. The molecule has 0 amide bonds. The van der Waals surface area contributed by atoms with Crippen LogP contribution in [0.5, 0.6) is 0 Å². The van der Waals surface area contributed by atoms with Gasteiger partial charge in [0.05, 0.1) is 11.9 Å². The average Bonchev–Trinajstić information content (AvgIpc) is 2.77. The Kier molecular flexibility index (Phi) is 6.49. The molecule has 1 heterocycles. The van der Waals surface area contributed by atoms with E-state index >= 15 is 0 Å².